The summed E-state index contributed by atoms with van der Waals surface area (Å²) in [5, 5.41) is 1.13. The largest absolute Gasteiger partial charge is 0.460 e. The third kappa shape index (κ3) is 1.50. The number of nitrogens with two attached hydrogens (primary N) is 1. The van der Waals surface area contributed by atoms with Gasteiger partial charge in [-0.2, -0.15) is 0 Å². The number of hydrogen-bond acceptors (Lipinski definition) is 3. The summed E-state index contributed by atoms with van der Waals surface area (Å²) in [6.07, 6.45) is 3.88. The maximum Gasteiger partial charge on any atom is 0.134 e. The lowest BCUT2D eigenvalue weighted by Crippen LogP contribution is -2.15. The molecule has 0 bridgehead atoms. The number of fused-ring (bicyclic) bond motifs is 1. The van der Waals surface area contributed by atoms with Crippen molar-refractivity contribution in [1.29, 1.82) is 0 Å². The third-order valence-electron chi connectivity index (χ3n) is 2.78. The van der Waals surface area contributed by atoms with Crippen LogP contribution < -0.4 is 5.73 Å². The predicted octanol–water partition coefficient (Wildman–Crippen LogP) is 2.44. The molecule has 0 radical (unpaired) electrons. The van der Waals surface area contributed by atoms with E-state index in [1.54, 1.807) is 0 Å². The van der Waals surface area contributed by atoms with Crippen molar-refractivity contribution >= 4 is 16.8 Å². The number of amidine groups is 1. The number of hydrogen-bond donors (Lipinski definition) is 1. The van der Waals surface area contributed by atoms with E-state index in [1.165, 1.54) is 0 Å². The lowest BCUT2D eigenvalue weighted by atomic mass is 10.0. The minimum Gasteiger partial charge on any atom is -0.460 e. The maximum absolute atomic E-state index is 5.78. The fourth-order valence-corrected chi connectivity index (χ4v) is 1.90. The van der Waals surface area contributed by atoms with E-state index in [0.717, 1.165) is 16.7 Å². The van der Waals surface area contributed by atoms with Crippen LogP contribution >= 0.6 is 0 Å². The van der Waals surface area contributed by atoms with Gasteiger partial charge in [0.25, 0.3) is 0 Å². The fourth-order valence-electron chi connectivity index (χ4n) is 1.90. The molecule has 0 fully saturated rings. The highest BCUT2D eigenvalue weighted by Crippen LogP contribution is 2.27. The Hall–Kier alpha value is -2.03. The highest BCUT2D eigenvalue weighted by molar-refractivity contribution is 5.92. The van der Waals surface area contributed by atoms with Crippen LogP contribution in [0.15, 0.2) is 51.9 Å². The van der Waals surface area contributed by atoms with Gasteiger partial charge in [-0.05, 0) is 18.2 Å². The monoisotopic (exact) mass is 212 g/mol. The number of rotatable bonds is 1. The zero-order valence-corrected chi connectivity index (χ0v) is 8.76. The zero-order chi connectivity index (χ0) is 11.0. The van der Waals surface area contributed by atoms with Gasteiger partial charge in [-0.25, -0.2) is 0 Å². The van der Waals surface area contributed by atoms with Crippen molar-refractivity contribution in [2.24, 2.45) is 10.7 Å². The lowest BCUT2D eigenvalue weighted by Gasteiger charge is -2.10. The average Bonchev–Trinajstić information content (AvgIpc) is 2.73. The van der Waals surface area contributed by atoms with Crippen molar-refractivity contribution in [1.82, 2.24) is 0 Å². The molecule has 3 nitrogen and oxygen atoms in total. The van der Waals surface area contributed by atoms with Crippen LogP contribution in [0.1, 0.15) is 11.7 Å². The van der Waals surface area contributed by atoms with E-state index in [4.69, 9.17) is 10.2 Å². The van der Waals surface area contributed by atoms with Crippen LogP contribution in [0, 0.1) is 0 Å². The summed E-state index contributed by atoms with van der Waals surface area (Å²) in [5.74, 6) is 1.75. The molecule has 16 heavy (non-hydrogen) atoms. The molecule has 0 aliphatic carbocycles. The average molecular weight is 212 g/mol. The summed E-state index contributed by atoms with van der Waals surface area (Å²) >= 11 is 0. The van der Waals surface area contributed by atoms with E-state index in [1.807, 2.05) is 36.4 Å². The van der Waals surface area contributed by atoms with E-state index in [9.17, 15) is 0 Å². The van der Waals surface area contributed by atoms with Gasteiger partial charge in [0.15, 0.2) is 0 Å². The van der Waals surface area contributed by atoms with Crippen molar-refractivity contribution in [2.45, 2.75) is 5.92 Å². The molecule has 0 amide bonds. The smallest absolute Gasteiger partial charge is 0.134 e. The molecule has 1 aliphatic heterocycles. The van der Waals surface area contributed by atoms with Gasteiger partial charge in [0, 0.05) is 5.39 Å². The number of dihydropyridines is 1. The van der Waals surface area contributed by atoms with E-state index < -0.39 is 0 Å². The molecule has 3 rings (SSSR count). The normalized spacial score (nSPS) is 20.0. The molecule has 0 saturated carbocycles. The second kappa shape index (κ2) is 3.52. The number of nitrogens with zero attached hydrogens (tertiary/aromatic N) is 1. The Morgan fingerprint density at radius 3 is 2.94 bits per heavy atom. The van der Waals surface area contributed by atoms with Crippen molar-refractivity contribution in [3.63, 3.8) is 0 Å². The first kappa shape index (κ1) is 9.21. The van der Waals surface area contributed by atoms with E-state index in [2.05, 4.69) is 11.1 Å². The molecule has 1 aliphatic rings. The molecule has 3 heteroatoms. The Morgan fingerprint density at radius 2 is 2.19 bits per heavy atom. The minimum absolute atomic E-state index is 0.208. The molecule has 1 aromatic carbocycles. The first-order valence-corrected chi connectivity index (χ1v) is 5.29. The highest BCUT2D eigenvalue weighted by atomic mass is 16.3. The maximum atomic E-state index is 5.78. The van der Waals surface area contributed by atoms with Gasteiger partial charge in [-0.3, -0.25) is 4.99 Å². The van der Waals surface area contributed by atoms with Gasteiger partial charge >= 0.3 is 0 Å². The molecule has 2 aromatic rings. The summed E-state index contributed by atoms with van der Waals surface area (Å²) in [7, 11) is 0. The topological polar surface area (TPSA) is 51.5 Å². The summed E-state index contributed by atoms with van der Waals surface area (Å²) in [4.78, 5) is 4.21. The van der Waals surface area contributed by atoms with Gasteiger partial charge in [-0.1, -0.05) is 24.3 Å². The number of aliphatic imine (C=N–C) groups is 1. The third-order valence-corrected chi connectivity index (χ3v) is 2.78. The molecule has 1 aromatic heterocycles. The molecule has 0 saturated heterocycles. The molecule has 0 spiro atoms. The standard InChI is InChI=1S/C13H12N2O/c14-13-6-5-10(8-15-13)12-7-9-3-1-2-4-11(9)16-12/h1-7,10H,8H2,(H2,14,15). The molecule has 1 unspecified atom stereocenters. The van der Waals surface area contributed by atoms with E-state index in [0.29, 0.717) is 12.4 Å². The Kier molecular flexibility index (Phi) is 2.03. The Balaban J connectivity index is 1.98. The lowest BCUT2D eigenvalue weighted by molar-refractivity contribution is 0.526. The second-order valence-corrected chi connectivity index (χ2v) is 3.92. The molecule has 2 heterocycles. The zero-order valence-electron chi connectivity index (χ0n) is 8.76. The van der Waals surface area contributed by atoms with Gasteiger partial charge < -0.3 is 10.2 Å². The Bertz CT molecular complexity index is 547. The highest BCUT2D eigenvalue weighted by Gasteiger charge is 2.15. The summed E-state index contributed by atoms with van der Waals surface area (Å²) < 4.78 is 5.78. The van der Waals surface area contributed by atoms with Gasteiger partial charge in [0.2, 0.25) is 0 Å². The SMILES string of the molecule is NC1=NCC(c2cc3ccccc3o2)C=C1. The first-order chi connectivity index (χ1) is 7.83. The van der Waals surface area contributed by atoms with Gasteiger partial charge in [0.1, 0.15) is 17.2 Å². The Morgan fingerprint density at radius 1 is 1.31 bits per heavy atom. The number of para-hydroxylation sites is 1. The molecular weight excluding hydrogens is 200 g/mol. The van der Waals surface area contributed by atoms with Crippen LogP contribution in [0.3, 0.4) is 0 Å². The first-order valence-electron chi connectivity index (χ1n) is 5.29. The molecule has 2 N–H and O–H groups in total. The predicted molar refractivity (Wildman–Crippen MR) is 64.6 cm³/mol. The summed E-state index contributed by atoms with van der Waals surface area (Å²) in [6, 6.07) is 10.1. The number of furan rings is 1. The molecular formula is C13H12N2O. The second-order valence-electron chi connectivity index (χ2n) is 3.92. The van der Waals surface area contributed by atoms with Crippen molar-refractivity contribution in [3.8, 4) is 0 Å². The van der Waals surface area contributed by atoms with Crippen LogP contribution in [0.25, 0.3) is 11.0 Å². The summed E-state index contributed by atoms with van der Waals surface area (Å²) in [5.41, 5.74) is 6.51. The van der Waals surface area contributed by atoms with Crippen LogP contribution in [0.2, 0.25) is 0 Å². The van der Waals surface area contributed by atoms with Crippen LogP contribution in [0.5, 0.6) is 0 Å². The van der Waals surface area contributed by atoms with E-state index >= 15 is 0 Å². The van der Waals surface area contributed by atoms with Crippen molar-refractivity contribution in [3.05, 3.63) is 48.2 Å². The summed E-state index contributed by atoms with van der Waals surface area (Å²) in [6.45, 7) is 0.669. The molecule has 80 valence electrons. The van der Waals surface area contributed by atoms with E-state index in [-0.39, 0.29) is 5.92 Å². The minimum atomic E-state index is 0.208. The molecule has 1 atom stereocenters. The Labute approximate surface area is 93.3 Å². The number of benzene rings is 1. The van der Waals surface area contributed by atoms with Crippen LogP contribution in [-0.2, 0) is 0 Å². The van der Waals surface area contributed by atoms with Crippen LogP contribution in [-0.4, -0.2) is 12.4 Å². The van der Waals surface area contributed by atoms with Gasteiger partial charge in [-0.15, -0.1) is 0 Å². The van der Waals surface area contributed by atoms with Crippen LogP contribution in [0.4, 0.5) is 0 Å². The quantitative estimate of drug-likeness (QED) is 0.789. The fraction of sp³-hybridized carbons (Fsp3) is 0.154. The van der Waals surface area contributed by atoms with Crippen molar-refractivity contribution in [2.75, 3.05) is 6.54 Å². The van der Waals surface area contributed by atoms with Gasteiger partial charge in [0.05, 0.1) is 12.5 Å². The van der Waals surface area contributed by atoms with Crippen molar-refractivity contribution < 1.29 is 4.42 Å².